The lowest BCUT2D eigenvalue weighted by Gasteiger charge is -2.11. The largest absolute Gasteiger partial charge is 0.277 e. The van der Waals surface area contributed by atoms with Gasteiger partial charge in [0.15, 0.2) is 0 Å². The Bertz CT molecular complexity index is 358. The Morgan fingerprint density at radius 2 is 2.29 bits per heavy atom. The molecule has 0 amide bonds. The Balaban J connectivity index is 2.10. The predicted octanol–water partition coefficient (Wildman–Crippen LogP) is 1.75. The van der Waals surface area contributed by atoms with Gasteiger partial charge in [-0.15, -0.1) is 0 Å². The third-order valence-electron chi connectivity index (χ3n) is 2.04. The fourth-order valence-corrected chi connectivity index (χ4v) is 2.34. The minimum Gasteiger partial charge on any atom is -0.277 e. The molecular formula is C9H10ClNO2S. The molecule has 76 valence electrons. The molecule has 0 saturated carbocycles. The van der Waals surface area contributed by atoms with E-state index in [2.05, 4.69) is 0 Å². The first-order chi connectivity index (χ1) is 6.77. The third kappa shape index (κ3) is 2.15. The van der Waals surface area contributed by atoms with Crippen LogP contribution in [0.1, 0.15) is 5.56 Å². The van der Waals surface area contributed by atoms with Crippen molar-refractivity contribution in [1.29, 1.82) is 0 Å². The summed E-state index contributed by atoms with van der Waals surface area (Å²) < 4.78 is 17.9. The molecule has 0 bridgehead atoms. The van der Waals surface area contributed by atoms with Crippen molar-refractivity contribution in [2.24, 2.45) is 0 Å². The summed E-state index contributed by atoms with van der Waals surface area (Å²) in [5.74, 6) is 0. The van der Waals surface area contributed by atoms with Crippen molar-refractivity contribution in [3.05, 3.63) is 34.9 Å². The van der Waals surface area contributed by atoms with E-state index in [1.54, 1.807) is 4.31 Å². The molecule has 0 N–H and O–H groups in total. The van der Waals surface area contributed by atoms with E-state index in [9.17, 15) is 4.21 Å². The molecule has 0 spiro atoms. The summed E-state index contributed by atoms with van der Waals surface area (Å²) in [5.41, 5.74) is 0.980. The summed E-state index contributed by atoms with van der Waals surface area (Å²) >= 11 is 4.69. The van der Waals surface area contributed by atoms with Crippen LogP contribution >= 0.6 is 11.6 Å². The van der Waals surface area contributed by atoms with Crippen molar-refractivity contribution < 1.29 is 8.39 Å². The Hall–Kier alpha value is -0.420. The summed E-state index contributed by atoms with van der Waals surface area (Å²) in [7, 11) is 0. The van der Waals surface area contributed by atoms with Gasteiger partial charge in [0.05, 0.1) is 6.61 Å². The van der Waals surface area contributed by atoms with Gasteiger partial charge in [-0.25, -0.2) is 4.21 Å². The van der Waals surface area contributed by atoms with E-state index in [0.717, 1.165) is 5.56 Å². The van der Waals surface area contributed by atoms with Gasteiger partial charge in [0, 0.05) is 18.1 Å². The van der Waals surface area contributed by atoms with Crippen LogP contribution < -0.4 is 0 Å². The molecule has 0 radical (unpaired) electrons. The normalized spacial score (nSPS) is 22.8. The second kappa shape index (κ2) is 4.40. The maximum atomic E-state index is 11.3. The van der Waals surface area contributed by atoms with Gasteiger partial charge in [-0.2, -0.15) is 4.31 Å². The first-order valence-corrected chi connectivity index (χ1v) is 5.72. The average Bonchev–Trinajstić information content (AvgIpc) is 2.56. The number of hydrogen-bond donors (Lipinski definition) is 0. The van der Waals surface area contributed by atoms with Crippen LogP contribution in [0.25, 0.3) is 0 Å². The Kier molecular flexibility index (Phi) is 3.18. The molecule has 1 unspecified atom stereocenters. The Labute approximate surface area is 90.4 Å². The summed E-state index contributed by atoms with van der Waals surface area (Å²) in [6, 6.07) is 7.55. The van der Waals surface area contributed by atoms with Gasteiger partial charge in [-0.3, -0.25) is 4.18 Å². The molecule has 3 nitrogen and oxygen atoms in total. The van der Waals surface area contributed by atoms with E-state index in [0.29, 0.717) is 24.7 Å². The molecule has 0 aromatic heterocycles. The number of benzene rings is 1. The highest BCUT2D eigenvalue weighted by atomic mass is 35.5. The minimum atomic E-state index is -1.29. The van der Waals surface area contributed by atoms with Gasteiger partial charge in [-0.1, -0.05) is 29.8 Å². The fourth-order valence-electron chi connectivity index (χ4n) is 1.31. The minimum absolute atomic E-state index is 0.525. The molecule has 1 aliphatic rings. The molecule has 5 heteroatoms. The van der Waals surface area contributed by atoms with Gasteiger partial charge in [0.1, 0.15) is 0 Å². The summed E-state index contributed by atoms with van der Waals surface area (Å²) in [5, 5.41) is 0.705. The number of hydrogen-bond acceptors (Lipinski definition) is 2. The average molecular weight is 232 g/mol. The third-order valence-corrected chi connectivity index (χ3v) is 3.51. The van der Waals surface area contributed by atoms with Crippen molar-refractivity contribution in [3.63, 3.8) is 0 Å². The predicted molar refractivity (Wildman–Crippen MR) is 56.0 cm³/mol. The Morgan fingerprint density at radius 1 is 1.50 bits per heavy atom. The van der Waals surface area contributed by atoms with Crippen LogP contribution in [0, 0.1) is 0 Å². The first kappa shape index (κ1) is 10.1. The summed E-state index contributed by atoms with van der Waals surface area (Å²) in [6.45, 7) is 1.79. The zero-order valence-corrected chi connectivity index (χ0v) is 9.05. The lowest BCUT2D eigenvalue weighted by atomic mass is 10.2. The molecule has 1 aromatic rings. The van der Waals surface area contributed by atoms with Crippen molar-refractivity contribution in [1.82, 2.24) is 4.31 Å². The van der Waals surface area contributed by atoms with Crippen molar-refractivity contribution in [2.45, 2.75) is 6.54 Å². The number of halogens is 1. The van der Waals surface area contributed by atoms with Crippen LogP contribution in [0.15, 0.2) is 24.3 Å². The van der Waals surface area contributed by atoms with Gasteiger partial charge in [-0.05, 0) is 11.6 Å². The lowest BCUT2D eigenvalue weighted by molar-refractivity contribution is 0.386. The van der Waals surface area contributed by atoms with Crippen molar-refractivity contribution >= 4 is 22.9 Å². The summed E-state index contributed by atoms with van der Waals surface area (Å²) in [6.07, 6.45) is 0. The maximum absolute atomic E-state index is 11.3. The van der Waals surface area contributed by atoms with Crippen LogP contribution in [-0.4, -0.2) is 21.7 Å². The monoisotopic (exact) mass is 231 g/mol. The zero-order chi connectivity index (χ0) is 9.97. The van der Waals surface area contributed by atoms with Crippen LogP contribution in [0.3, 0.4) is 0 Å². The molecule has 1 heterocycles. The van der Waals surface area contributed by atoms with Crippen LogP contribution in [0.5, 0.6) is 0 Å². The van der Waals surface area contributed by atoms with Crippen molar-refractivity contribution in [3.8, 4) is 0 Å². The van der Waals surface area contributed by atoms with E-state index in [1.807, 2.05) is 24.3 Å². The van der Waals surface area contributed by atoms with Crippen LogP contribution in [0.2, 0.25) is 5.02 Å². The molecule has 1 saturated heterocycles. The maximum Gasteiger partial charge on any atom is 0.237 e. The fraction of sp³-hybridized carbons (Fsp3) is 0.333. The number of nitrogens with zero attached hydrogens (tertiary/aromatic N) is 1. The van der Waals surface area contributed by atoms with E-state index in [4.69, 9.17) is 15.8 Å². The lowest BCUT2D eigenvalue weighted by Crippen LogP contribution is -2.20. The molecule has 1 fully saturated rings. The second-order valence-electron chi connectivity index (χ2n) is 2.99. The molecule has 14 heavy (non-hydrogen) atoms. The highest BCUT2D eigenvalue weighted by molar-refractivity contribution is 7.77. The quantitative estimate of drug-likeness (QED) is 0.776. The topological polar surface area (TPSA) is 29.5 Å². The standard InChI is InChI=1S/C9H10ClNO2S/c10-9-4-2-1-3-8(9)7-11-5-6-13-14(11)12/h1-4H,5-7H2. The highest BCUT2D eigenvalue weighted by Gasteiger charge is 2.21. The van der Waals surface area contributed by atoms with Gasteiger partial charge >= 0.3 is 0 Å². The molecule has 1 atom stereocenters. The summed E-state index contributed by atoms with van der Waals surface area (Å²) in [4.78, 5) is 0. The number of rotatable bonds is 2. The highest BCUT2D eigenvalue weighted by Crippen LogP contribution is 2.19. The molecule has 1 aliphatic heterocycles. The van der Waals surface area contributed by atoms with E-state index < -0.39 is 11.3 Å². The second-order valence-corrected chi connectivity index (χ2v) is 4.59. The smallest absolute Gasteiger partial charge is 0.237 e. The molecule has 2 rings (SSSR count). The van der Waals surface area contributed by atoms with Gasteiger partial charge in [0.25, 0.3) is 0 Å². The first-order valence-electron chi connectivity index (χ1n) is 4.31. The molecule has 0 aliphatic carbocycles. The van der Waals surface area contributed by atoms with E-state index in [-0.39, 0.29) is 0 Å². The van der Waals surface area contributed by atoms with E-state index >= 15 is 0 Å². The SMILES string of the molecule is O=S1OCCN1Cc1ccccc1Cl. The zero-order valence-electron chi connectivity index (χ0n) is 7.48. The van der Waals surface area contributed by atoms with Gasteiger partial charge in [0.2, 0.25) is 11.3 Å². The van der Waals surface area contributed by atoms with Crippen molar-refractivity contribution in [2.75, 3.05) is 13.2 Å². The molecular weight excluding hydrogens is 222 g/mol. The Morgan fingerprint density at radius 3 is 2.93 bits per heavy atom. The van der Waals surface area contributed by atoms with Crippen LogP contribution in [0.4, 0.5) is 0 Å². The van der Waals surface area contributed by atoms with Crippen LogP contribution in [-0.2, 0) is 22.0 Å². The van der Waals surface area contributed by atoms with E-state index in [1.165, 1.54) is 0 Å². The molecule has 1 aromatic carbocycles. The van der Waals surface area contributed by atoms with Gasteiger partial charge < -0.3 is 0 Å².